The number of fused-ring (bicyclic) bond motifs is 1. The normalized spacial score (nSPS) is 19.4. The number of primary amides is 1. The van der Waals surface area contributed by atoms with Crippen LogP contribution in [0.25, 0.3) is 0 Å². The van der Waals surface area contributed by atoms with Crippen molar-refractivity contribution in [3.05, 3.63) is 29.1 Å². The molecule has 1 unspecified atom stereocenters. The van der Waals surface area contributed by atoms with Crippen LogP contribution >= 0.6 is 0 Å². The summed E-state index contributed by atoms with van der Waals surface area (Å²) in [6.07, 6.45) is 2.66. The lowest BCUT2D eigenvalue weighted by Gasteiger charge is -2.07. The van der Waals surface area contributed by atoms with Crippen molar-refractivity contribution in [2.75, 3.05) is 0 Å². The molecule has 0 bridgehead atoms. The number of ether oxygens (including phenoxy) is 1. The second-order valence-electron chi connectivity index (χ2n) is 3.34. The molecule has 14 heavy (non-hydrogen) atoms. The van der Waals surface area contributed by atoms with Crippen LogP contribution in [0.5, 0.6) is 0 Å². The molecule has 1 aliphatic heterocycles. The van der Waals surface area contributed by atoms with E-state index in [9.17, 15) is 4.79 Å². The lowest BCUT2D eigenvalue weighted by molar-refractivity contribution is 0.0636. The zero-order chi connectivity index (χ0) is 10.1. The van der Waals surface area contributed by atoms with Crippen LogP contribution in [0.4, 0.5) is 0 Å². The number of hydrogen-bond acceptors (Lipinski definition) is 3. The fraction of sp³-hybridized carbons (Fsp3) is 0.400. The molecule has 2 rings (SSSR count). The van der Waals surface area contributed by atoms with E-state index in [0.717, 1.165) is 17.5 Å². The number of nitrogens with zero attached hydrogens (tertiary/aromatic N) is 1. The van der Waals surface area contributed by atoms with Crippen LogP contribution in [0.15, 0.2) is 12.3 Å². The summed E-state index contributed by atoms with van der Waals surface area (Å²) >= 11 is 0. The summed E-state index contributed by atoms with van der Waals surface area (Å²) in [4.78, 5) is 14.9. The van der Waals surface area contributed by atoms with E-state index in [-0.39, 0.29) is 6.10 Å². The van der Waals surface area contributed by atoms with Gasteiger partial charge in [-0.3, -0.25) is 9.78 Å². The Kier molecular flexibility index (Phi) is 2.21. The maximum Gasteiger partial charge on any atom is 0.267 e. The molecule has 1 aliphatic rings. The van der Waals surface area contributed by atoms with E-state index in [0.29, 0.717) is 12.3 Å². The van der Waals surface area contributed by atoms with E-state index >= 15 is 0 Å². The van der Waals surface area contributed by atoms with Gasteiger partial charge in [-0.15, -0.1) is 0 Å². The zero-order valence-electron chi connectivity index (χ0n) is 7.99. The molecule has 4 heteroatoms. The SMILES string of the molecule is CCC1OCc2cnc(C(N)=O)cc21. The standard InChI is InChI=1S/C10H12N2O2/c1-2-9-7-3-8(10(11)13)12-4-6(7)5-14-9/h3-4,9H,2,5H2,1H3,(H2,11,13). The summed E-state index contributed by atoms with van der Waals surface area (Å²) in [7, 11) is 0. The highest BCUT2D eigenvalue weighted by atomic mass is 16.5. The largest absolute Gasteiger partial charge is 0.369 e. The quantitative estimate of drug-likeness (QED) is 0.764. The zero-order valence-corrected chi connectivity index (χ0v) is 7.99. The van der Waals surface area contributed by atoms with Gasteiger partial charge in [0, 0.05) is 11.8 Å². The van der Waals surface area contributed by atoms with Gasteiger partial charge in [-0.2, -0.15) is 0 Å². The van der Waals surface area contributed by atoms with Gasteiger partial charge in [-0.1, -0.05) is 6.92 Å². The molecular weight excluding hydrogens is 180 g/mol. The Morgan fingerprint density at radius 2 is 2.57 bits per heavy atom. The molecule has 1 amide bonds. The summed E-state index contributed by atoms with van der Waals surface area (Å²) < 4.78 is 5.52. The number of aromatic nitrogens is 1. The van der Waals surface area contributed by atoms with Gasteiger partial charge < -0.3 is 10.5 Å². The highest BCUT2D eigenvalue weighted by Crippen LogP contribution is 2.32. The van der Waals surface area contributed by atoms with E-state index in [1.54, 1.807) is 12.3 Å². The van der Waals surface area contributed by atoms with Crippen LogP contribution in [-0.2, 0) is 11.3 Å². The number of amides is 1. The molecule has 1 atom stereocenters. The number of hydrogen-bond donors (Lipinski definition) is 1. The van der Waals surface area contributed by atoms with Crippen molar-refractivity contribution in [3.63, 3.8) is 0 Å². The predicted molar refractivity (Wildman–Crippen MR) is 50.6 cm³/mol. The molecule has 1 aromatic heterocycles. The Bertz CT molecular complexity index is 376. The van der Waals surface area contributed by atoms with Crippen molar-refractivity contribution in [1.29, 1.82) is 0 Å². The molecule has 0 radical (unpaired) electrons. The van der Waals surface area contributed by atoms with Crippen molar-refractivity contribution in [1.82, 2.24) is 4.98 Å². The fourth-order valence-electron chi connectivity index (χ4n) is 1.67. The molecule has 0 aliphatic carbocycles. The molecule has 1 aromatic rings. The van der Waals surface area contributed by atoms with E-state index in [2.05, 4.69) is 4.98 Å². The smallest absolute Gasteiger partial charge is 0.267 e. The molecule has 74 valence electrons. The summed E-state index contributed by atoms with van der Waals surface area (Å²) in [5, 5.41) is 0. The minimum absolute atomic E-state index is 0.0890. The van der Waals surface area contributed by atoms with Gasteiger partial charge in [-0.05, 0) is 18.1 Å². The van der Waals surface area contributed by atoms with Gasteiger partial charge in [0.15, 0.2) is 0 Å². The minimum Gasteiger partial charge on any atom is -0.369 e. The van der Waals surface area contributed by atoms with Crippen molar-refractivity contribution in [2.24, 2.45) is 5.73 Å². The molecule has 0 spiro atoms. The first-order chi connectivity index (χ1) is 6.72. The number of nitrogens with two attached hydrogens (primary N) is 1. The van der Waals surface area contributed by atoms with Gasteiger partial charge in [0.2, 0.25) is 0 Å². The lowest BCUT2D eigenvalue weighted by atomic mass is 10.0. The maximum absolute atomic E-state index is 10.9. The number of pyridine rings is 1. The fourth-order valence-corrected chi connectivity index (χ4v) is 1.67. The van der Waals surface area contributed by atoms with Crippen molar-refractivity contribution in [2.45, 2.75) is 26.1 Å². The average Bonchev–Trinajstić information content (AvgIpc) is 2.59. The first-order valence-electron chi connectivity index (χ1n) is 4.62. The number of carbonyl (C=O) groups excluding carboxylic acids is 1. The Hall–Kier alpha value is -1.42. The molecule has 0 saturated carbocycles. The van der Waals surface area contributed by atoms with Crippen molar-refractivity contribution in [3.8, 4) is 0 Å². The van der Waals surface area contributed by atoms with Crippen LogP contribution in [-0.4, -0.2) is 10.9 Å². The van der Waals surface area contributed by atoms with Crippen molar-refractivity contribution < 1.29 is 9.53 Å². The molecular formula is C10H12N2O2. The van der Waals surface area contributed by atoms with Crippen LogP contribution in [0.2, 0.25) is 0 Å². The second kappa shape index (κ2) is 3.38. The third-order valence-electron chi connectivity index (χ3n) is 2.43. The van der Waals surface area contributed by atoms with E-state index in [4.69, 9.17) is 10.5 Å². The van der Waals surface area contributed by atoms with Crippen LogP contribution in [0.1, 0.15) is 41.1 Å². The molecule has 2 N–H and O–H groups in total. The molecule has 0 saturated heterocycles. The number of rotatable bonds is 2. The van der Waals surface area contributed by atoms with Crippen molar-refractivity contribution >= 4 is 5.91 Å². The van der Waals surface area contributed by atoms with Gasteiger partial charge in [0.25, 0.3) is 5.91 Å². The van der Waals surface area contributed by atoms with Crippen LogP contribution in [0, 0.1) is 0 Å². The molecule has 2 heterocycles. The van der Waals surface area contributed by atoms with E-state index in [1.165, 1.54) is 0 Å². The Labute approximate surface area is 82.1 Å². The monoisotopic (exact) mass is 192 g/mol. The third kappa shape index (κ3) is 1.37. The lowest BCUT2D eigenvalue weighted by Crippen LogP contribution is -2.13. The molecule has 0 aromatic carbocycles. The predicted octanol–water partition coefficient (Wildman–Crippen LogP) is 1.16. The van der Waals surface area contributed by atoms with Gasteiger partial charge in [0.05, 0.1) is 12.7 Å². The summed E-state index contributed by atoms with van der Waals surface area (Å²) in [6, 6.07) is 1.73. The molecule has 0 fully saturated rings. The highest BCUT2D eigenvalue weighted by molar-refractivity contribution is 5.90. The second-order valence-corrected chi connectivity index (χ2v) is 3.34. The van der Waals surface area contributed by atoms with E-state index < -0.39 is 5.91 Å². The minimum atomic E-state index is -0.491. The first-order valence-corrected chi connectivity index (χ1v) is 4.62. The van der Waals surface area contributed by atoms with Crippen LogP contribution < -0.4 is 5.73 Å². The maximum atomic E-state index is 10.9. The average molecular weight is 192 g/mol. The van der Waals surface area contributed by atoms with Gasteiger partial charge in [0.1, 0.15) is 5.69 Å². The Balaban J connectivity index is 2.42. The first kappa shape index (κ1) is 9.15. The third-order valence-corrected chi connectivity index (χ3v) is 2.43. The highest BCUT2D eigenvalue weighted by Gasteiger charge is 2.23. The summed E-state index contributed by atoms with van der Waals surface area (Å²) in [6.45, 7) is 2.63. The topological polar surface area (TPSA) is 65.2 Å². The van der Waals surface area contributed by atoms with Crippen LogP contribution in [0.3, 0.4) is 0 Å². The Morgan fingerprint density at radius 1 is 1.79 bits per heavy atom. The summed E-state index contributed by atoms with van der Waals surface area (Å²) in [5.41, 5.74) is 7.57. The van der Waals surface area contributed by atoms with Gasteiger partial charge >= 0.3 is 0 Å². The van der Waals surface area contributed by atoms with Gasteiger partial charge in [-0.25, -0.2) is 0 Å². The Morgan fingerprint density at radius 3 is 3.21 bits per heavy atom. The number of carbonyl (C=O) groups is 1. The van der Waals surface area contributed by atoms with E-state index in [1.807, 2.05) is 6.92 Å². The summed E-state index contributed by atoms with van der Waals surface area (Å²) in [5.74, 6) is -0.491. The molecule has 4 nitrogen and oxygen atoms in total.